The van der Waals surface area contributed by atoms with Gasteiger partial charge in [-0.3, -0.25) is 0 Å². The first kappa shape index (κ1) is 20.3. The second kappa shape index (κ2) is 8.70. The number of rotatable bonds is 6. The highest BCUT2D eigenvalue weighted by atomic mass is 35.5. The molecule has 1 saturated carbocycles. The van der Waals surface area contributed by atoms with Crippen LogP contribution in [-0.4, -0.2) is 25.5 Å². The van der Waals surface area contributed by atoms with Crippen LogP contribution >= 0.6 is 11.6 Å². The molecule has 1 fully saturated rings. The topological polar surface area (TPSA) is 3.24 Å². The number of alkyl halides is 1. The first-order valence-electron chi connectivity index (χ1n) is 9.71. The van der Waals surface area contributed by atoms with Crippen LogP contribution in [0.3, 0.4) is 0 Å². The molecule has 0 spiro atoms. The van der Waals surface area contributed by atoms with E-state index in [1.807, 2.05) is 25.1 Å². The number of halogens is 3. The summed E-state index contributed by atoms with van der Waals surface area (Å²) in [5, 5.41) is -0.000621. The van der Waals surface area contributed by atoms with Gasteiger partial charge in [0.15, 0.2) is 0 Å². The van der Waals surface area contributed by atoms with Gasteiger partial charge in [-0.05, 0) is 75.4 Å². The van der Waals surface area contributed by atoms with Gasteiger partial charge in [0.1, 0.15) is 11.5 Å². The lowest BCUT2D eigenvalue weighted by Gasteiger charge is -2.43. The van der Waals surface area contributed by atoms with Crippen LogP contribution in [0.5, 0.6) is 0 Å². The molecule has 0 aromatic heterocycles. The summed E-state index contributed by atoms with van der Waals surface area (Å²) >= 11 is 5.94. The maximum absolute atomic E-state index is 16.2. The Labute approximate surface area is 166 Å². The molecule has 146 valence electrons. The van der Waals surface area contributed by atoms with Crippen molar-refractivity contribution >= 4 is 11.6 Å². The molecule has 2 aromatic carbocycles. The minimum Gasteiger partial charge on any atom is -0.309 e. The van der Waals surface area contributed by atoms with Gasteiger partial charge < -0.3 is 4.90 Å². The normalized spacial score (nSPS) is 25.7. The van der Waals surface area contributed by atoms with Crippen molar-refractivity contribution < 1.29 is 8.78 Å². The second-order valence-corrected chi connectivity index (χ2v) is 8.52. The van der Waals surface area contributed by atoms with Crippen LogP contribution in [0.15, 0.2) is 48.5 Å². The van der Waals surface area contributed by atoms with E-state index in [2.05, 4.69) is 24.3 Å². The van der Waals surface area contributed by atoms with Crippen molar-refractivity contribution in [1.29, 1.82) is 0 Å². The smallest absolute Gasteiger partial charge is 0.141 e. The summed E-state index contributed by atoms with van der Waals surface area (Å²) in [4.78, 5) is 2.05. The Morgan fingerprint density at radius 3 is 2.56 bits per heavy atom. The van der Waals surface area contributed by atoms with E-state index in [1.165, 1.54) is 17.7 Å². The maximum atomic E-state index is 16.2. The van der Waals surface area contributed by atoms with Crippen LogP contribution in [0.1, 0.15) is 36.8 Å². The van der Waals surface area contributed by atoms with Gasteiger partial charge in [-0.1, -0.05) is 48.0 Å². The third-order valence-corrected chi connectivity index (χ3v) is 6.14. The van der Waals surface area contributed by atoms with Crippen molar-refractivity contribution in [1.82, 2.24) is 4.90 Å². The van der Waals surface area contributed by atoms with E-state index in [1.54, 1.807) is 6.07 Å². The van der Waals surface area contributed by atoms with E-state index in [4.69, 9.17) is 11.6 Å². The van der Waals surface area contributed by atoms with E-state index in [9.17, 15) is 4.39 Å². The molecule has 3 rings (SSSR count). The molecule has 1 aliphatic rings. The quantitative estimate of drug-likeness (QED) is 0.562. The number of aryl methyl sites for hydroxylation is 1. The fourth-order valence-corrected chi connectivity index (χ4v) is 4.58. The van der Waals surface area contributed by atoms with Gasteiger partial charge >= 0.3 is 0 Å². The Kier molecular flexibility index (Phi) is 6.54. The molecule has 0 N–H and O–H groups in total. The molecule has 27 heavy (non-hydrogen) atoms. The summed E-state index contributed by atoms with van der Waals surface area (Å²) in [5.74, 6) is -0.108. The molecule has 1 aliphatic carbocycles. The average molecular weight is 392 g/mol. The third kappa shape index (κ3) is 4.89. The van der Waals surface area contributed by atoms with Crippen molar-refractivity contribution in [2.24, 2.45) is 11.8 Å². The summed E-state index contributed by atoms with van der Waals surface area (Å²) < 4.78 is 29.7. The van der Waals surface area contributed by atoms with Crippen LogP contribution in [0.2, 0.25) is 5.02 Å². The van der Waals surface area contributed by atoms with E-state index in [0.717, 1.165) is 25.7 Å². The summed E-state index contributed by atoms with van der Waals surface area (Å²) in [6.07, 6.45) is 4.27. The van der Waals surface area contributed by atoms with Crippen LogP contribution < -0.4 is 0 Å². The monoisotopic (exact) mass is 391 g/mol. The zero-order valence-corrected chi connectivity index (χ0v) is 16.9. The zero-order chi connectivity index (χ0) is 19.4. The predicted molar refractivity (Wildman–Crippen MR) is 108 cm³/mol. The molecule has 3 atom stereocenters. The van der Waals surface area contributed by atoms with Gasteiger partial charge in [0.2, 0.25) is 0 Å². The van der Waals surface area contributed by atoms with Crippen LogP contribution in [-0.2, 0) is 12.1 Å². The van der Waals surface area contributed by atoms with Gasteiger partial charge in [-0.15, -0.1) is 0 Å². The second-order valence-electron chi connectivity index (χ2n) is 8.12. The first-order valence-corrected chi connectivity index (χ1v) is 10.1. The highest BCUT2D eigenvalue weighted by Gasteiger charge is 2.45. The molecule has 4 heteroatoms. The highest BCUT2D eigenvalue weighted by molar-refractivity contribution is 6.30. The highest BCUT2D eigenvalue weighted by Crippen LogP contribution is 2.48. The zero-order valence-electron chi connectivity index (χ0n) is 16.1. The largest absolute Gasteiger partial charge is 0.309 e. The SMILES string of the molecule is CN(C)CC1CC(CCc2ccccc2)CCC1(F)c1ccc(F)c(Cl)c1. The Morgan fingerprint density at radius 2 is 1.89 bits per heavy atom. The third-order valence-electron chi connectivity index (χ3n) is 5.85. The number of hydrogen-bond acceptors (Lipinski definition) is 1. The lowest BCUT2D eigenvalue weighted by atomic mass is 9.67. The minimum absolute atomic E-state index is 0.000621. The summed E-state index contributed by atoms with van der Waals surface area (Å²) in [5.41, 5.74) is 0.400. The van der Waals surface area contributed by atoms with Crippen molar-refractivity contribution in [2.75, 3.05) is 20.6 Å². The van der Waals surface area contributed by atoms with E-state index in [0.29, 0.717) is 24.4 Å². The Hall–Kier alpha value is -1.45. The molecule has 0 aliphatic heterocycles. The summed E-state index contributed by atoms with van der Waals surface area (Å²) in [6.45, 7) is 0.674. The van der Waals surface area contributed by atoms with E-state index in [-0.39, 0.29) is 10.9 Å². The molecule has 3 unspecified atom stereocenters. The van der Waals surface area contributed by atoms with Crippen LogP contribution in [0.4, 0.5) is 8.78 Å². The Morgan fingerprint density at radius 1 is 1.15 bits per heavy atom. The maximum Gasteiger partial charge on any atom is 0.141 e. The lowest BCUT2D eigenvalue weighted by Crippen LogP contribution is -2.42. The first-order chi connectivity index (χ1) is 12.9. The summed E-state index contributed by atoms with van der Waals surface area (Å²) in [6, 6.07) is 14.8. The molecule has 0 bridgehead atoms. The van der Waals surface area contributed by atoms with Gasteiger partial charge in [0.25, 0.3) is 0 Å². The molecule has 1 nitrogen and oxygen atoms in total. The fourth-order valence-electron chi connectivity index (χ4n) is 4.40. The molecule has 0 saturated heterocycles. The molecular formula is C23H28ClF2N. The van der Waals surface area contributed by atoms with E-state index < -0.39 is 11.5 Å². The molecule has 2 aromatic rings. The Balaban J connectivity index is 1.75. The van der Waals surface area contributed by atoms with Crippen molar-refractivity contribution in [3.05, 3.63) is 70.5 Å². The Bertz CT molecular complexity index is 749. The van der Waals surface area contributed by atoms with Crippen LogP contribution in [0, 0.1) is 17.7 Å². The molecular weight excluding hydrogens is 364 g/mol. The van der Waals surface area contributed by atoms with Gasteiger partial charge in [0, 0.05) is 12.5 Å². The van der Waals surface area contributed by atoms with Crippen LogP contribution in [0.25, 0.3) is 0 Å². The van der Waals surface area contributed by atoms with Crippen molar-refractivity contribution in [3.8, 4) is 0 Å². The lowest BCUT2D eigenvalue weighted by molar-refractivity contribution is -0.00205. The number of nitrogens with zero attached hydrogens (tertiary/aromatic N) is 1. The van der Waals surface area contributed by atoms with Gasteiger partial charge in [-0.25, -0.2) is 8.78 Å². The number of benzene rings is 2. The van der Waals surface area contributed by atoms with Crippen molar-refractivity contribution in [2.45, 2.75) is 37.8 Å². The van der Waals surface area contributed by atoms with Gasteiger partial charge in [0.05, 0.1) is 5.02 Å². The van der Waals surface area contributed by atoms with E-state index >= 15 is 4.39 Å². The standard InChI is InChI=1S/C23H28ClF2N/c1-27(2)16-20-14-18(9-8-17-6-4-3-5-7-17)12-13-23(20,26)19-10-11-22(25)21(24)15-19/h3-7,10-11,15,18,20H,8-9,12-14,16H2,1-2H3. The van der Waals surface area contributed by atoms with Gasteiger partial charge in [-0.2, -0.15) is 0 Å². The summed E-state index contributed by atoms with van der Waals surface area (Å²) in [7, 11) is 3.96. The number of hydrogen-bond donors (Lipinski definition) is 0. The fraction of sp³-hybridized carbons (Fsp3) is 0.478. The van der Waals surface area contributed by atoms with Crippen molar-refractivity contribution in [3.63, 3.8) is 0 Å². The molecule has 0 heterocycles. The molecule has 0 radical (unpaired) electrons. The minimum atomic E-state index is -1.45. The predicted octanol–water partition coefficient (Wildman–Crippen LogP) is 6.25. The average Bonchev–Trinajstić information content (AvgIpc) is 2.65. The molecule has 0 amide bonds.